The van der Waals surface area contributed by atoms with E-state index in [0.29, 0.717) is 0 Å². The molecule has 0 aliphatic rings. The Balaban J connectivity index is 4.58. The predicted octanol–water partition coefficient (Wildman–Crippen LogP) is 0.302. The van der Waals surface area contributed by atoms with Gasteiger partial charge < -0.3 is 9.47 Å². The smallest absolute Gasteiger partial charge is 0.426 e. The van der Waals surface area contributed by atoms with Gasteiger partial charge in [-0.2, -0.15) is 21.6 Å². The van der Waals surface area contributed by atoms with Crippen LogP contribution in [-0.4, -0.2) is 49.5 Å². The van der Waals surface area contributed by atoms with Crippen molar-refractivity contribution in [1.82, 2.24) is 0 Å². The molecule has 0 aliphatic carbocycles. The highest BCUT2D eigenvalue weighted by molar-refractivity contribution is 7.85. The molecule has 0 radical (unpaired) electrons. The van der Waals surface area contributed by atoms with Gasteiger partial charge in [0.2, 0.25) is 6.10 Å². The van der Waals surface area contributed by atoms with Gasteiger partial charge in [-0.05, 0) is 0 Å². The number of hydrogen-bond donors (Lipinski definition) is 1. The van der Waals surface area contributed by atoms with Gasteiger partial charge in [0.05, 0.1) is 0 Å². The van der Waals surface area contributed by atoms with E-state index < -0.39 is 46.7 Å². The Morgan fingerprint density at radius 1 is 1.26 bits per heavy atom. The van der Waals surface area contributed by atoms with Gasteiger partial charge in [0.25, 0.3) is 10.1 Å². The van der Waals surface area contributed by atoms with Gasteiger partial charge in [0.1, 0.15) is 5.75 Å². The summed E-state index contributed by atoms with van der Waals surface area (Å²) in [4.78, 5) is 21.6. The lowest BCUT2D eigenvalue weighted by Crippen LogP contribution is -2.40. The average Bonchev–Trinajstić information content (AvgIpc) is 2.21. The third-order valence-electron chi connectivity index (χ3n) is 1.64. The van der Waals surface area contributed by atoms with Crippen LogP contribution in [-0.2, 0) is 29.2 Å². The molecule has 0 spiro atoms. The number of rotatable bonds is 6. The van der Waals surface area contributed by atoms with Crippen LogP contribution >= 0.6 is 0 Å². The first-order valence-corrected chi connectivity index (χ1v) is 6.43. The minimum Gasteiger partial charge on any atom is -0.454 e. The minimum absolute atomic E-state index is 0.0962. The first-order valence-electron chi connectivity index (χ1n) is 4.82. The van der Waals surface area contributed by atoms with E-state index in [-0.39, 0.29) is 6.42 Å². The van der Waals surface area contributed by atoms with Crippen LogP contribution in [0.3, 0.4) is 0 Å². The molecule has 7 nitrogen and oxygen atoms in total. The fraction of sp³-hybridized carbons (Fsp3) is 0.750. The normalized spacial score (nSPS) is 13.7. The molecule has 11 heteroatoms. The number of alkyl halides is 3. The molecular formula is C8H11F3O7S. The van der Waals surface area contributed by atoms with E-state index in [9.17, 15) is 31.2 Å². The molecule has 0 aromatic rings. The Hall–Kier alpha value is -1.36. The van der Waals surface area contributed by atoms with Gasteiger partial charge in [0, 0.05) is 6.42 Å². The van der Waals surface area contributed by atoms with Crippen molar-refractivity contribution in [3.05, 3.63) is 0 Å². The van der Waals surface area contributed by atoms with Crippen LogP contribution in [0.1, 0.15) is 13.3 Å². The van der Waals surface area contributed by atoms with E-state index in [1.807, 2.05) is 0 Å². The lowest BCUT2D eigenvalue weighted by atomic mass is 10.4. The summed E-state index contributed by atoms with van der Waals surface area (Å²) in [6.45, 7) is 0.315. The average molecular weight is 308 g/mol. The van der Waals surface area contributed by atoms with Crippen molar-refractivity contribution >= 4 is 22.1 Å². The van der Waals surface area contributed by atoms with Crippen molar-refractivity contribution < 1.29 is 45.2 Å². The number of ether oxygens (including phenoxy) is 2. The molecular weight excluding hydrogens is 297 g/mol. The van der Waals surface area contributed by atoms with E-state index in [1.54, 1.807) is 0 Å². The molecule has 112 valence electrons. The second-order valence-electron chi connectivity index (χ2n) is 3.28. The summed E-state index contributed by atoms with van der Waals surface area (Å²) < 4.78 is 74.0. The van der Waals surface area contributed by atoms with E-state index >= 15 is 0 Å². The molecule has 0 aromatic heterocycles. The van der Waals surface area contributed by atoms with Crippen molar-refractivity contribution in [2.75, 3.05) is 12.4 Å². The predicted molar refractivity (Wildman–Crippen MR) is 53.6 cm³/mol. The fourth-order valence-corrected chi connectivity index (χ4v) is 1.46. The monoisotopic (exact) mass is 308 g/mol. The Morgan fingerprint density at radius 3 is 2.16 bits per heavy atom. The zero-order valence-corrected chi connectivity index (χ0v) is 10.5. The summed E-state index contributed by atoms with van der Waals surface area (Å²) in [5.41, 5.74) is 0. The van der Waals surface area contributed by atoms with Gasteiger partial charge >= 0.3 is 18.1 Å². The molecule has 0 saturated carbocycles. The van der Waals surface area contributed by atoms with E-state index in [4.69, 9.17) is 4.55 Å². The quantitative estimate of drug-likeness (QED) is 0.555. The van der Waals surface area contributed by atoms with E-state index in [2.05, 4.69) is 9.47 Å². The molecule has 19 heavy (non-hydrogen) atoms. The highest BCUT2D eigenvalue weighted by atomic mass is 32.2. The zero-order chi connectivity index (χ0) is 15.3. The molecule has 0 saturated heterocycles. The largest absolute Gasteiger partial charge is 0.454 e. The maximum absolute atomic E-state index is 12.3. The zero-order valence-electron chi connectivity index (χ0n) is 9.64. The van der Waals surface area contributed by atoms with Crippen molar-refractivity contribution in [2.24, 2.45) is 0 Å². The fourth-order valence-electron chi connectivity index (χ4n) is 0.821. The first-order chi connectivity index (χ1) is 8.45. The van der Waals surface area contributed by atoms with E-state index in [1.165, 1.54) is 6.92 Å². The van der Waals surface area contributed by atoms with Crippen molar-refractivity contribution in [3.8, 4) is 0 Å². The van der Waals surface area contributed by atoms with Crippen molar-refractivity contribution in [3.63, 3.8) is 0 Å². The molecule has 0 aliphatic heterocycles. The Kier molecular flexibility index (Phi) is 6.22. The molecule has 1 N–H and O–H groups in total. The van der Waals surface area contributed by atoms with Crippen LogP contribution in [0.15, 0.2) is 0 Å². The van der Waals surface area contributed by atoms with Crippen LogP contribution in [0.25, 0.3) is 0 Å². The minimum atomic E-state index is -5.18. The maximum Gasteiger partial charge on any atom is 0.426 e. The molecule has 0 heterocycles. The van der Waals surface area contributed by atoms with Crippen LogP contribution in [0.5, 0.6) is 0 Å². The Bertz CT molecular complexity index is 428. The topological polar surface area (TPSA) is 107 Å². The van der Waals surface area contributed by atoms with Gasteiger partial charge in [-0.3, -0.25) is 9.35 Å². The summed E-state index contributed by atoms with van der Waals surface area (Å²) in [5, 5.41) is 0. The van der Waals surface area contributed by atoms with Gasteiger partial charge in [-0.15, -0.1) is 0 Å². The summed E-state index contributed by atoms with van der Waals surface area (Å²) in [6.07, 6.45) is -8.31. The maximum atomic E-state index is 12.3. The number of esters is 2. The third-order valence-corrected chi connectivity index (χ3v) is 2.36. The Morgan fingerprint density at radius 2 is 1.79 bits per heavy atom. The van der Waals surface area contributed by atoms with Crippen LogP contribution < -0.4 is 0 Å². The molecule has 1 unspecified atom stereocenters. The molecule has 1 atom stereocenters. The lowest BCUT2D eigenvalue weighted by molar-refractivity contribution is -0.217. The Labute approximate surface area is 106 Å². The third kappa shape index (κ3) is 8.37. The van der Waals surface area contributed by atoms with Gasteiger partial charge in [0.15, 0.2) is 6.61 Å². The highest BCUT2D eigenvalue weighted by Gasteiger charge is 2.45. The molecule has 0 fully saturated rings. The first kappa shape index (κ1) is 17.6. The summed E-state index contributed by atoms with van der Waals surface area (Å²) in [5.74, 6) is -4.24. The van der Waals surface area contributed by atoms with Gasteiger partial charge in [-0.25, -0.2) is 4.79 Å². The summed E-state index contributed by atoms with van der Waals surface area (Å²) in [6, 6.07) is 0. The number of halogens is 3. The van der Waals surface area contributed by atoms with Gasteiger partial charge in [-0.1, -0.05) is 6.92 Å². The second kappa shape index (κ2) is 6.70. The molecule has 0 bridgehead atoms. The highest BCUT2D eigenvalue weighted by Crippen LogP contribution is 2.24. The standard InChI is InChI=1S/C8H11F3O7S/c1-2-6(12)17-3-7(13)18-5(8(9,10)11)4-19(14,15)16/h5H,2-4H2,1H3,(H,14,15,16). The van der Waals surface area contributed by atoms with Crippen molar-refractivity contribution in [2.45, 2.75) is 25.6 Å². The molecule has 0 rings (SSSR count). The van der Waals surface area contributed by atoms with Crippen LogP contribution in [0.4, 0.5) is 13.2 Å². The molecule has 0 aromatic carbocycles. The number of hydrogen-bond acceptors (Lipinski definition) is 6. The second-order valence-corrected chi connectivity index (χ2v) is 4.78. The van der Waals surface area contributed by atoms with Crippen molar-refractivity contribution in [1.29, 1.82) is 0 Å². The van der Waals surface area contributed by atoms with Crippen LogP contribution in [0.2, 0.25) is 0 Å². The SMILES string of the molecule is CCC(=O)OCC(=O)OC(CS(=O)(=O)O)C(F)(F)F. The number of carbonyl (C=O) groups excluding carboxylic acids is 2. The number of carbonyl (C=O) groups is 2. The van der Waals surface area contributed by atoms with E-state index in [0.717, 1.165) is 0 Å². The summed E-state index contributed by atoms with van der Waals surface area (Å²) >= 11 is 0. The lowest BCUT2D eigenvalue weighted by Gasteiger charge is -2.19. The molecule has 0 amide bonds. The van der Waals surface area contributed by atoms with Crippen LogP contribution in [0, 0.1) is 0 Å². The summed E-state index contributed by atoms with van der Waals surface area (Å²) in [7, 11) is -4.99.